The highest BCUT2D eigenvalue weighted by atomic mass is 79.9. The summed E-state index contributed by atoms with van der Waals surface area (Å²) in [6.07, 6.45) is 0. The van der Waals surface area contributed by atoms with Crippen LogP contribution < -0.4 is 4.72 Å². The fraction of sp³-hybridized carbons (Fsp3) is 0.0714. The van der Waals surface area contributed by atoms with Crippen molar-refractivity contribution in [2.24, 2.45) is 0 Å². The second-order valence-corrected chi connectivity index (χ2v) is 8.58. The summed E-state index contributed by atoms with van der Waals surface area (Å²) in [7, 11) is -3.60. The van der Waals surface area contributed by atoms with Crippen LogP contribution in [0, 0.1) is 6.92 Å². The van der Waals surface area contributed by atoms with Gasteiger partial charge in [-0.1, -0.05) is 22.0 Å². The van der Waals surface area contributed by atoms with E-state index >= 15 is 0 Å². The minimum absolute atomic E-state index is 0.253. The Morgan fingerprint density at radius 3 is 2.73 bits per heavy atom. The summed E-state index contributed by atoms with van der Waals surface area (Å²) in [6, 6.07) is 12.2. The number of aromatic amines is 1. The molecule has 3 rings (SSSR count). The molecule has 0 spiro atoms. The van der Waals surface area contributed by atoms with E-state index in [2.05, 4.69) is 30.8 Å². The fourth-order valence-corrected chi connectivity index (χ4v) is 4.62. The molecular formula is C14H12BrN3O2S2. The maximum Gasteiger partial charge on any atom is 0.271 e. The Labute approximate surface area is 140 Å². The van der Waals surface area contributed by atoms with Gasteiger partial charge in [0.15, 0.2) is 0 Å². The molecule has 0 atom stereocenters. The molecule has 0 fully saturated rings. The Morgan fingerprint density at radius 1 is 1.23 bits per heavy atom. The molecule has 0 unspecified atom stereocenters. The number of nitrogens with zero attached hydrogens (tertiary/aromatic N) is 1. The quantitative estimate of drug-likeness (QED) is 0.697. The van der Waals surface area contributed by atoms with Crippen molar-refractivity contribution < 1.29 is 8.42 Å². The van der Waals surface area contributed by atoms with Gasteiger partial charge in [0.25, 0.3) is 10.0 Å². The molecule has 22 heavy (non-hydrogen) atoms. The molecule has 114 valence electrons. The van der Waals surface area contributed by atoms with Crippen molar-refractivity contribution in [2.75, 3.05) is 4.72 Å². The number of aryl methyl sites for hydroxylation is 1. The summed E-state index contributed by atoms with van der Waals surface area (Å²) < 4.78 is 28.5. The third-order valence-electron chi connectivity index (χ3n) is 2.88. The van der Waals surface area contributed by atoms with Crippen molar-refractivity contribution in [3.8, 4) is 10.6 Å². The van der Waals surface area contributed by atoms with Crippen LogP contribution in [0.4, 0.5) is 5.69 Å². The first kappa shape index (κ1) is 15.3. The van der Waals surface area contributed by atoms with E-state index in [0.717, 1.165) is 20.7 Å². The van der Waals surface area contributed by atoms with Gasteiger partial charge < -0.3 is 0 Å². The summed E-state index contributed by atoms with van der Waals surface area (Å²) in [5.74, 6) is 0. The third kappa shape index (κ3) is 3.23. The number of hydrogen-bond acceptors (Lipinski definition) is 4. The molecule has 3 aromatic rings. The predicted molar refractivity (Wildman–Crippen MR) is 91.6 cm³/mol. The Balaban J connectivity index is 1.88. The number of benzene rings is 1. The molecule has 0 saturated heterocycles. The van der Waals surface area contributed by atoms with Crippen LogP contribution >= 0.6 is 27.3 Å². The zero-order valence-corrected chi connectivity index (χ0v) is 14.7. The minimum atomic E-state index is -3.60. The summed E-state index contributed by atoms with van der Waals surface area (Å²) in [5.41, 5.74) is 2.19. The Kier molecular flexibility index (Phi) is 4.07. The van der Waals surface area contributed by atoms with Gasteiger partial charge in [-0.15, -0.1) is 11.3 Å². The van der Waals surface area contributed by atoms with Crippen molar-refractivity contribution in [1.82, 2.24) is 10.2 Å². The monoisotopic (exact) mass is 397 g/mol. The van der Waals surface area contributed by atoms with Crippen LogP contribution in [0.2, 0.25) is 0 Å². The fourth-order valence-electron chi connectivity index (χ4n) is 1.90. The van der Waals surface area contributed by atoms with Gasteiger partial charge in [0, 0.05) is 15.9 Å². The van der Waals surface area contributed by atoms with Crippen LogP contribution in [0.25, 0.3) is 10.6 Å². The van der Waals surface area contributed by atoms with E-state index < -0.39 is 10.0 Å². The van der Waals surface area contributed by atoms with Gasteiger partial charge in [0.2, 0.25) is 0 Å². The highest BCUT2D eigenvalue weighted by Crippen LogP contribution is 2.31. The average molecular weight is 398 g/mol. The van der Waals surface area contributed by atoms with Crippen molar-refractivity contribution >= 4 is 43.0 Å². The lowest BCUT2D eigenvalue weighted by Crippen LogP contribution is -2.11. The van der Waals surface area contributed by atoms with Crippen LogP contribution in [0.3, 0.4) is 0 Å². The maximum absolute atomic E-state index is 12.4. The van der Waals surface area contributed by atoms with Crippen LogP contribution in [0.15, 0.2) is 51.1 Å². The minimum Gasteiger partial charge on any atom is -0.282 e. The van der Waals surface area contributed by atoms with E-state index in [0.29, 0.717) is 5.69 Å². The number of aromatic nitrogens is 2. The van der Waals surface area contributed by atoms with Crippen LogP contribution in [-0.4, -0.2) is 18.6 Å². The molecule has 8 heteroatoms. The van der Waals surface area contributed by atoms with E-state index in [4.69, 9.17) is 0 Å². The summed E-state index contributed by atoms with van der Waals surface area (Å²) >= 11 is 4.50. The highest BCUT2D eigenvalue weighted by Gasteiger charge is 2.18. The standard InChI is InChI=1S/C14H12BrN3O2S2/c1-9-7-12(17-16-9)13-5-6-14(21-13)22(19,20)18-11-4-2-3-10(15)8-11/h2-8,18H,1H3,(H,16,17). The second kappa shape index (κ2) is 5.86. The smallest absolute Gasteiger partial charge is 0.271 e. The molecule has 2 N–H and O–H groups in total. The largest absolute Gasteiger partial charge is 0.282 e. The van der Waals surface area contributed by atoms with Crippen LogP contribution in [0.5, 0.6) is 0 Å². The summed E-state index contributed by atoms with van der Waals surface area (Å²) in [6.45, 7) is 1.90. The predicted octanol–water partition coefficient (Wildman–Crippen LogP) is 4.01. The van der Waals surface area contributed by atoms with Gasteiger partial charge in [0.1, 0.15) is 9.90 Å². The normalized spacial score (nSPS) is 11.5. The molecule has 0 saturated carbocycles. The lowest BCUT2D eigenvalue weighted by atomic mass is 10.3. The van der Waals surface area contributed by atoms with Crippen molar-refractivity contribution in [3.05, 3.63) is 52.6 Å². The van der Waals surface area contributed by atoms with Gasteiger partial charge in [-0.25, -0.2) is 8.42 Å². The Morgan fingerprint density at radius 2 is 2.05 bits per heavy atom. The maximum atomic E-state index is 12.4. The SMILES string of the molecule is Cc1cc(-c2ccc(S(=O)(=O)Nc3cccc(Br)c3)s2)n[nH]1. The molecule has 0 bridgehead atoms. The third-order valence-corrected chi connectivity index (χ3v) is 6.36. The molecular weight excluding hydrogens is 386 g/mol. The molecule has 0 aliphatic rings. The Hall–Kier alpha value is -1.64. The van der Waals surface area contributed by atoms with E-state index in [-0.39, 0.29) is 4.21 Å². The molecule has 0 aliphatic carbocycles. The molecule has 0 aliphatic heterocycles. The number of rotatable bonds is 4. The molecule has 2 aromatic heterocycles. The van der Waals surface area contributed by atoms with Crippen LogP contribution in [0.1, 0.15) is 5.69 Å². The number of H-pyrrole nitrogens is 1. The first-order valence-electron chi connectivity index (χ1n) is 6.35. The van der Waals surface area contributed by atoms with Gasteiger partial charge >= 0.3 is 0 Å². The summed E-state index contributed by atoms with van der Waals surface area (Å²) in [5, 5.41) is 6.99. The zero-order chi connectivity index (χ0) is 15.7. The molecule has 0 amide bonds. The zero-order valence-electron chi connectivity index (χ0n) is 11.5. The van der Waals surface area contributed by atoms with E-state index in [1.165, 1.54) is 11.3 Å². The highest BCUT2D eigenvalue weighted by molar-refractivity contribution is 9.10. The number of hydrogen-bond donors (Lipinski definition) is 2. The van der Waals surface area contributed by atoms with Crippen molar-refractivity contribution in [3.63, 3.8) is 0 Å². The van der Waals surface area contributed by atoms with Crippen LogP contribution in [-0.2, 0) is 10.0 Å². The van der Waals surface area contributed by atoms with Gasteiger partial charge in [0.05, 0.1) is 4.88 Å². The topological polar surface area (TPSA) is 74.8 Å². The average Bonchev–Trinajstić information content (AvgIpc) is 3.06. The molecule has 1 aromatic carbocycles. The Bertz CT molecular complexity index is 916. The van der Waals surface area contributed by atoms with Gasteiger partial charge in [-0.3, -0.25) is 9.82 Å². The first-order valence-corrected chi connectivity index (χ1v) is 9.44. The van der Waals surface area contributed by atoms with E-state index in [1.54, 1.807) is 30.3 Å². The van der Waals surface area contributed by atoms with Gasteiger partial charge in [-0.2, -0.15) is 5.10 Å². The summed E-state index contributed by atoms with van der Waals surface area (Å²) in [4.78, 5) is 0.805. The molecule has 5 nitrogen and oxygen atoms in total. The second-order valence-electron chi connectivity index (χ2n) is 4.67. The van der Waals surface area contributed by atoms with Gasteiger partial charge in [-0.05, 0) is 43.3 Å². The molecule has 0 radical (unpaired) electrons. The lowest BCUT2D eigenvalue weighted by molar-refractivity contribution is 0.603. The lowest BCUT2D eigenvalue weighted by Gasteiger charge is -2.06. The number of sulfonamides is 1. The number of nitrogens with one attached hydrogen (secondary N) is 2. The van der Waals surface area contributed by atoms with E-state index in [1.807, 2.05) is 19.1 Å². The van der Waals surface area contributed by atoms with Crippen molar-refractivity contribution in [2.45, 2.75) is 11.1 Å². The van der Waals surface area contributed by atoms with E-state index in [9.17, 15) is 8.42 Å². The first-order chi connectivity index (χ1) is 10.4. The number of anilines is 1. The van der Waals surface area contributed by atoms with Crippen molar-refractivity contribution in [1.29, 1.82) is 0 Å². The number of thiophene rings is 1. The number of halogens is 1. The molecule has 2 heterocycles.